The number of carbonyl (C=O) groups is 4. The molecule has 3 aliphatic heterocycles. The zero-order chi connectivity index (χ0) is 53.4. The monoisotopic (exact) mass is 1020 g/mol. The predicted molar refractivity (Wildman–Crippen MR) is 253 cm³/mol. The van der Waals surface area contributed by atoms with Crippen LogP contribution in [0.1, 0.15) is 116 Å². The van der Waals surface area contributed by atoms with Crippen molar-refractivity contribution in [2.75, 3.05) is 40.7 Å². The topological polar surface area (TPSA) is 260 Å². The molecule has 0 saturated carbocycles. The molecule has 0 radical (unpaired) electrons. The highest BCUT2D eigenvalue weighted by Gasteiger charge is 2.55. The summed E-state index contributed by atoms with van der Waals surface area (Å²) in [6.07, 6.45) is -9.63. The number of cyclic esters (lactones) is 1. The van der Waals surface area contributed by atoms with Crippen molar-refractivity contribution in [1.29, 1.82) is 0 Å². The lowest BCUT2D eigenvalue weighted by Crippen LogP contribution is -2.62. The molecule has 21 nitrogen and oxygen atoms in total. The summed E-state index contributed by atoms with van der Waals surface area (Å²) in [5.74, 6) is -6.78. The van der Waals surface area contributed by atoms with Crippen molar-refractivity contribution in [2.24, 2.45) is 28.8 Å². The Bertz CT molecular complexity index is 1950. The summed E-state index contributed by atoms with van der Waals surface area (Å²) in [4.78, 5) is 59.3. The Kier molecular flexibility index (Phi) is 22.0. The van der Waals surface area contributed by atoms with E-state index in [9.17, 15) is 37.8 Å². The number of likely N-dealkylation sites (N-methyl/N-ethyl adjacent to an activating group) is 1. The molecule has 0 aromatic carbocycles. The predicted octanol–water partition coefficient (Wildman–Crippen LogP) is 3.83. The fourth-order valence-corrected chi connectivity index (χ4v) is 10.4. The van der Waals surface area contributed by atoms with Gasteiger partial charge in [-0.05, 0) is 80.5 Å². The van der Waals surface area contributed by atoms with Crippen molar-refractivity contribution in [2.45, 2.75) is 200 Å². The van der Waals surface area contributed by atoms with Crippen molar-refractivity contribution in [1.82, 2.24) is 4.90 Å². The highest BCUT2D eigenvalue weighted by Crippen LogP contribution is 2.43. The minimum atomic E-state index is -3.91. The molecule has 70 heavy (non-hydrogen) atoms. The number of methoxy groups -OCH3 is 1. The van der Waals surface area contributed by atoms with Gasteiger partial charge in [-0.3, -0.25) is 18.6 Å². The molecular weight excluding hydrogens is 941 g/mol. The fourth-order valence-electron chi connectivity index (χ4n) is 10.0. The van der Waals surface area contributed by atoms with E-state index >= 15 is 0 Å². The van der Waals surface area contributed by atoms with Gasteiger partial charge in [-0.1, -0.05) is 39.4 Å². The first-order valence-corrected chi connectivity index (χ1v) is 25.7. The van der Waals surface area contributed by atoms with E-state index in [-0.39, 0.29) is 37.2 Å². The van der Waals surface area contributed by atoms with Crippen LogP contribution < -0.4 is 0 Å². The molecule has 18 atom stereocenters. The third-order valence-electron chi connectivity index (χ3n) is 13.7. The van der Waals surface area contributed by atoms with Gasteiger partial charge in [-0.15, -0.1) is 0 Å². The molecule has 1 unspecified atom stereocenters. The van der Waals surface area contributed by atoms with Crippen LogP contribution in [-0.4, -0.2) is 178 Å². The first-order valence-electron chi connectivity index (χ1n) is 23.9. The Labute approximate surface area is 414 Å². The van der Waals surface area contributed by atoms with Gasteiger partial charge in [-0.25, -0.2) is 4.79 Å². The van der Waals surface area contributed by atoms with E-state index in [2.05, 4.69) is 11.7 Å². The summed E-state index contributed by atoms with van der Waals surface area (Å²) in [5, 5.41) is 28.4. The molecule has 3 rings (SSSR count). The van der Waals surface area contributed by atoms with Gasteiger partial charge < -0.3 is 62.6 Å². The Hall–Kier alpha value is -3.16. The number of hydrogen-bond donors (Lipinski definition) is 2. The summed E-state index contributed by atoms with van der Waals surface area (Å²) < 4.78 is 86.9. The van der Waals surface area contributed by atoms with Crippen LogP contribution >= 0.6 is 0 Å². The number of carbonyl (C=O) groups excluding carboxylic acids is 4. The maximum atomic E-state index is 14.8. The second-order valence-electron chi connectivity index (χ2n) is 20.3. The first kappa shape index (κ1) is 61.1. The summed E-state index contributed by atoms with van der Waals surface area (Å²) in [6.45, 7) is 23.6. The summed E-state index contributed by atoms with van der Waals surface area (Å²) in [6, 6.07) is -0.413. The molecule has 0 spiro atoms. The molecule has 2 N–H and O–H groups in total. The van der Waals surface area contributed by atoms with Crippen LogP contribution in [0, 0.1) is 23.7 Å². The number of aliphatic hydroxyl groups excluding tert-OH is 1. The Morgan fingerprint density at radius 3 is 2.01 bits per heavy atom. The average molecular weight is 1020 g/mol. The van der Waals surface area contributed by atoms with Crippen LogP contribution in [0.25, 0.3) is 0 Å². The molecular formula is C48H82N2O19S. The average Bonchev–Trinajstić information content (AvgIpc) is 3.25. The van der Waals surface area contributed by atoms with Crippen LogP contribution in [0.15, 0.2) is 17.3 Å². The molecule has 0 aromatic rings. The van der Waals surface area contributed by atoms with Crippen LogP contribution in [0.3, 0.4) is 0 Å². The number of hydrogen-bond acceptors (Lipinski definition) is 21. The van der Waals surface area contributed by atoms with Gasteiger partial charge in [0.25, 0.3) is 10.1 Å². The maximum absolute atomic E-state index is 14.8. The van der Waals surface area contributed by atoms with Gasteiger partial charge in [-0.2, -0.15) is 8.42 Å². The van der Waals surface area contributed by atoms with E-state index in [1.54, 1.807) is 55.4 Å². The van der Waals surface area contributed by atoms with Gasteiger partial charge in [0.2, 0.25) is 0 Å². The van der Waals surface area contributed by atoms with Crippen molar-refractivity contribution < 1.29 is 89.5 Å². The lowest BCUT2D eigenvalue weighted by molar-refractivity contribution is -0.321. The lowest BCUT2D eigenvalue weighted by Gasteiger charge is -2.50. The number of ether oxygens (including phenoxy) is 9. The first-order chi connectivity index (χ1) is 32.2. The van der Waals surface area contributed by atoms with Gasteiger partial charge >= 0.3 is 23.9 Å². The SMILES string of the molecule is C=C(CO[C@]1(C)C[C@@H](C)C(=NOC(C)=O)[C@H](C)[C@@H](O)[C@](C)(O)[C@@H](CC)OC(=O)[C@H](C)[C@@H](OC2C[C@@](C)(OC)[C@@H](OC(C)=O)[C@H](C)O2)[C@H](C)[C@H]1O[C@@H]1O[C@H](C)C[C@H](N(C)C)[C@H]1OC(C)=O)COS(C)(=O)=O. The normalized spacial score (nSPS) is 39.9. The third kappa shape index (κ3) is 15.9. The van der Waals surface area contributed by atoms with Gasteiger partial charge in [0.15, 0.2) is 24.8 Å². The Morgan fingerprint density at radius 2 is 1.49 bits per heavy atom. The van der Waals surface area contributed by atoms with Crippen molar-refractivity contribution in [3.8, 4) is 0 Å². The van der Waals surface area contributed by atoms with E-state index in [4.69, 9.17) is 51.7 Å². The lowest BCUT2D eigenvalue weighted by atomic mass is 9.73. The largest absolute Gasteiger partial charge is 0.459 e. The highest BCUT2D eigenvalue weighted by molar-refractivity contribution is 7.86. The zero-order valence-electron chi connectivity index (χ0n) is 44.2. The molecule has 0 amide bonds. The van der Waals surface area contributed by atoms with E-state index in [0.717, 1.165) is 13.2 Å². The second kappa shape index (κ2) is 25.2. The zero-order valence-corrected chi connectivity index (χ0v) is 45.1. The van der Waals surface area contributed by atoms with Crippen LogP contribution in [0.2, 0.25) is 0 Å². The van der Waals surface area contributed by atoms with E-state index < -0.39 is 149 Å². The summed E-state index contributed by atoms with van der Waals surface area (Å²) in [5.41, 5.74) is -4.57. The fraction of sp³-hybridized carbons (Fsp3) is 0.854. The van der Waals surface area contributed by atoms with Crippen LogP contribution in [-0.2, 0) is 80.9 Å². The minimum Gasteiger partial charge on any atom is -0.459 e. The van der Waals surface area contributed by atoms with Crippen LogP contribution in [0.5, 0.6) is 0 Å². The summed E-state index contributed by atoms with van der Waals surface area (Å²) >= 11 is 0. The van der Waals surface area contributed by atoms with E-state index in [1.807, 2.05) is 25.9 Å². The number of esters is 3. The van der Waals surface area contributed by atoms with E-state index in [0.29, 0.717) is 6.42 Å². The molecule has 3 heterocycles. The number of nitrogens with zero attached hydrogens (tertiary/aromatic N) is 2. The molecule has 0 aliphatic carbocycles. The highest BCUT2D eigenvalue weighted by atomic mass is 32.2. The third-order valence-corrected chi connectivity index (χ3v) is 14.3. The quantitative estimate of drug-likeness (QED) is 0.0556. The van der Waals surface area contributed by atoms with Gasteiger partial charge in [0, 0.05) is 52.1 Å². The van der Waals surface area contributed by atoms with Crippen molar-refractivity contribution >= 4 is 39.7 Å². The van der Waals surface area contributed by atoms with Crippen LogP contribution in [0.4, 0.5) is 0 Å². The van der Waals surface area contributed by atoms with Crippen molar-refractivity contribution in [3.63, 3.8) is 0 Å². The smallest absolute Gasteiger partial charge is 0.331 e. The minimum absolute atomic E-state index is 0.00189. The van der Waals surface area contributed by atoms with E-state index in [1.165, 1.54) is 27.9 Å². The number of rotatable bonds is 16. The maximum Gasteiger partial charge on any atom is 0.331 e. The molecule has 22 heteroatoms. The molecule has 3 fully saturated rings. The van der Waals surface area contributed by atoms with Crippen molar-refractivity contribution in [3.05, 3.63) is 12.2 Å². The molecule has 3 saturated heterocycles. The molecule has 404 valence electrons. The second-order valence-corrected chi connectivity index (χ2v) is 21.9. The number of oxime groups is 1. The standard InChI is InChI=1S/C48H82N2O19S/c1-19-36-48(14,56)41(54)28(5)38(49-69-34(11)53)26(3)21-47(13,60-23-25(2)24-61-70(18,57)58)42(68-45-40(64-32(9)51)35(50(15)16)20-27(4)62-45)29(6)39(30(7)44(55)66-36)67-37-22-46(12,59-17)43(31(8)63-37)65-33(10)52/h26-31,35-37,39-43,45,54,56H,2,19-24H2,1,3-18H3/t26-,27-,28+,29+,30-,31+,35+,36-,37?,39+,40-,41-,42-,43+,45+,46-,47-,48-/m1/s1. The summed E-state index contributed by atoms with van der Waals surface area (Å²) in [7, 11) is 1.23. The molecule has 0 aromatic heterocycles. The molecule has 3 aliphatic rings. The van der Waals surface area contributed by atoms with Gasteiger partial charge in [0.05, 0.1) is 73.3 Å². The van der Waals surface area contributed by atoms with Gasteiger partial charge in [0.1, 0.15) is 17.3 Å². The Morgan fingerprint density at radius 1 is 0.871 bits per heavy atom. The molecule has 0 bridgehead atoms. The Balaban J connectivity index is 2.48. The number of aliphatic hydroxyl groups is 2.